The fraction of sp³-hybridized carbons (Fsp3) is 0.400. The molecule has 3 aromatic rings. The molecular weight excluding hydrogens is 458 g/mol. The molecule has 4 rings (SSSR count). The lowest BCUT2D eigenvalue weighted by Gasteiger charge is -2.17. The van der Waals surface area contributed by atoms with E-state index in [4.69, 9.17) is 16.3 Å². The zero-order chi connectivity index (χ0) is 23.2. The third-order valence-corrected chi connectivity index (χ3v) is 6.95. The molecular formula is C25H28ClN3O3S. The number of ether oxygens (including phenoxy) is 1. The molecule has 1 amide bonds. The highest BCUT2D eigenvalue weighted by molar-refractivity contribution is 7.99. The van der Waals surface area contributed by atoms with Gasteiger partial charge in [-0.15, -0.1) is 0 Å². The second kappa shape index (κ2) is 11.2. The van der Waals surface area contributed by atoms with Gasteiger partial charge in [-0.3, -0.25) is 14.2 Å². The van der Waals surface area contributed by atoms with Crippen molar-refractivity contribution in [1.82, 2.24) is 14.9 Å². The molecule has 174 valence electrons. The van der Waals surface area contributed by atoms with Crippen molar-refractivity contribution in [1.29, 1.82) is 0 Å². The number of carbonyl (C=O) groups excluding carboxylic acids is 1. The van der Waals surface area contributed by atoms with Gasteiger partial charge in [0.25, 0.3) is 5.56 Å². The Morgan fingerprint density at radius 2 is 2.12 bits per heavy atom. The third kappa shape index (κ3) is 6.37. The second-order valence-electron chi connectivity index (χ2n) is 8.39. The first-order valence-corrected chi connectivity index (χ1v) is 12.6. The average Bonchev–Trinajstić information content (AvgIpc) is 3.32. The minimum Gasteiger partial charge on any atom is -0.376 e. The molecule has 1 fully saturated rings. The average molecular weight is 486 g/mol. The monoisotopic (exact) mass is 485 g/mol. The van der Waals surface area contributed by atoms with E-state index in [1.54, 1.807) is 22.8 Å². The number of aryl methyl sites for hydroxylation is 1. The maximum Gasteiger partial charge on any atom is 0.262 e. The Labute approximate surface area is 202 Å². The molecule has 0 spiro atoms. The number of hydrogen-bond donors (Lipinski definition) is 1. The number of rotatable bonds is 9. The van der Waals surface area contributed by atoms with Crippen LogP contribution in [0.2, 0.25) is 5.02 Å². The molecule has 0 radical (unpaired) electrons. The Bertz CT molecular complexity index is 1160. The molecule has 1 aliphatic rings. The predicted molar refractivity (Wildman–Crippen MR) is 133 cm³/mol. The number of thioether (sulfide) groups is 1. The Hall–Kier alpha value is -2.35. The largest absolute Gasteiger partial charge is 0.376 e. The van der Waals surface area contributed by atoms with Gasteiger partial charge in [0.15, 0.2) is 5.16 Å². The quantitative estimate of drug-likeness (QED) is 0.358. The summed E-state index contributed by atoms with van der Waals surface area (Å²) in [5, 5.41) is 4.60. The van der Waals surface area contributed by atoms with Crippen LogP contribution in [0.4, 0.5) is 0 Å². The van der Waals surface area contributed by atoms with Gasteiger partial charge in [0.1, 0.15) is 0 Å². The maximum atomic E-state index is 13.2. The standard InChI is InChI=1S/C25H28ClN3O3S/c1-17(9-10-18-6-3-2-4-7-18)27-23(30)16-33-25-28-22-14-19(26)11-12-21(22)24(31)29(25)15-20-8-5-13-32-20/h2-4,6-7,11-12,14,17,20H,5,8-10,13,15-16H2,1H3,(H,27,30). The zero-order valence-corrected chi connectivity index (χ0v) is 20.2. The first-order valence-electron chi connectivity index (χ1n) is 11.3. The van der Waals surface area contributed by atoms with E-state index in [2.05, 4.69) is 22.4 Å². The number of fused-ring (bicyclic) bond motifs is 1. The molecule has 1 aromatic heterocycles. The first-order chi connectivity index (χ1) is 16.0. The SMILES string of the molecule is CC(CCc1ccccc1)NC(=O)CSc1nc2cc(Cl)ccc2c(=O)n1CC1CCCO1. The molecule has 2 aromatic carbocycles. The van der Waals surface area contributed by atoms with Gasteiger partial charge >= 0.3 is 0 Å². The number of benzene rings is 2. The van der Waals surface area contributed by atoms with Crippen molar-refractivity contribution >= 4 is 40.2 Å². The van der Waals surface area contributed by atoms with Gasteiger partial charge in [0.05, 0.1) is 29.3 Å². The van der Waals surface area contributed by atoms with E-state index in [-0.39, 0.29) is 29.4 Å². The van der Waals surface area contributed by atoms with Crippen LogP contribution in [0.5, 0.6) is 0 Å². The van der Waals surface area contributed by atoms with Crippen LogP contribution in [0.25, 0.3) is 10.9 Å². The summed E-state index contributed by atoms with van der Waals surface area (Å²) in [4.78, 5) is 30.5. The van der Waals surface area contributed by atoms with E-state index in [0.29, 0.717) is 34.2 Å². The lowest BCUT2D eigenvalue weighted by Crippen LogP contribution is -2.34. The molecule has 1 N–H and O–H groups in total. The fourth-order valence-electron chi connectivity index (χ4n) is 3.98. The molecule has 2 heterocycles. The fourth-order valence-corrected chi connectivity index (χ4v) is 4.97. The van der Waals surface area contributed by atoms with Crippen molar-refractivity contribution in [3.63, 3.8) is 0 Å². The Balaban J connectivity index is 1.43. The van der Waals surface area contributed by atoms with Crippen LogP contribution >= 0.6 is 23.4 Å². The number of nitrogens with one attached hydrogen (secondary N) is 1. The highest BCUT2D eigenvalue weighted by atomic mass is 35.5. The number of hydrogen-bond acceptors (Lipinski definition) is 5. The number of halogens is 1. The van der Waals surface area contributed by atoms with Crippen LogP contribution in [0.15, 0.2) is 58.5 Å². The molecule has 2 atom stereocenters. The van der Waals surface area contributed by atoms with E-state index >= 15 is 0 Å². The van der Waals surface area contributed by atoms with Crippen LogP contribution in [-0.4, -0.2) is 40.0 Å². The molecule has 2 unspecified atom stereocenters. The summed E-state index contributed by atoms with van der Waals surface area (Å²) in [6, 6.07) is 15.4. The molecule has 0 aliphatic carbocycles. The van der Waals surface area contributed by atoms with Crippen LogP contribution in [-0.2, 0) is 22.5 Å². The van der Waals surface area contributed by atoms with E-state index < -0.39 is 0 Å². The van der Waals surface area contributed by atoms with Crippen LogP contribution in [0.3, 0.4) is 0 Å². The summed E-state index contributed by atoms with van der Waals surface area (Å²) in [7, 11) is 0. The molecule has 1 aliphatic heterocycles. The molecule has 0 bridgehead atoms. The highest BCUT2D eigenvalue weighted by Gasteiger charge is 2.21. The predicted octanol–water partition coefficient (Wildman–Crippen LogP) is 4.46. The normalized spacial score (nSPS) is 16.7. The Kier molecular flexibility index (Phi) is 8.06. The highest BCUT2D eigenvalue weighted by Crippen LogP contribution is 2.22. The van der Waals surface area contributed by atoms with Gasteiger partial charge in [-0.2, -0.15) is 0 Å². The van der Waals surface area contributed by atoms with E-state index in [1.165, 1.54) is 17.3 Å². The van der Waals surface area contributed by atoms with Crippen molar-refractivity contribution in [2.45, 2.75) is 56.5 Å². The molecule has 8 heteroatoms. The topological polar surface area (TPSA) is 73.2 Å². The number of nitrogens with zero attached hydrogens (tertiary/aromatic N) is 2. The number of aromatic nitrogens is 2. The summed E-state index contributed by atoms with van der Waals surface area (Å²) in [6.45, 7) is 3.15. The van der Waals surface area contributed by atoms with Gasteiger partial charge in [0.2, 0.25) is 5.91 Å². The van der Waals surface area contributed by atoms with E-state index in [9.17, 15) is 9.59 Å². The summed E-state index contributed by atoms with van der Waals surface area (Å²) < 4.78 is 7.38. The first kappa shape index (κ1) is 23.8. The lowest BCUT2D eigenvalue weighted by molar-refractivity contribution is -0.119. The van der Waals surface area contributed by atoms with Crippen molar-refractivity contribution in [3.8, 4) is 0 Å². The molecule has 6 nitrogen and oxygen atoms in total. The third-order valence-electron chi connectivity index (χ3n) is 5.74. The van der Waals surface area contributed by atoms with Crippen molar-refractivity contribution in [3.05, 3.63) is 69.5 Å². The number of amides is 1. The van der Waals surface area contributed by atoms with Crippen molar-refractivity contribution in [2.24, 2.45) is 0 Å². The molecule has 33 heavy (non-hydrogen) atoms. The van der Waals surface area contributed by atoms with Crippen LogP contribution in [0.1, 0.15) is 31.7 Å². The van der Waals surface area contributed by atoms with Gasteiger partial charge in [0, 0.05) is 17.7 Å². The van der Waals surface area contributed by atoms with Crippen LogP contribution < -0.4 is 10.9 Å². The summed E-state index contributed by atoms with van der Waals surface area (Å²) in [5.74, 6) is 0.101. The van der Waals surface area contributed by atoms with Crippen molar-refractivity contribution in [2.75, 3.05) is 12.4 Å². The molecule has 1 saturated heterocycles. The number of carbonyl (C=O) groups is 1. The zero-order valence-electron chi connectivity index (χ0n) is 18.6. The maximum absolute atomic E-state index is 13.2. The summed E-state index contributed by atoms with van der Waals surface area (Å²) in [6.07, 6.45) is 3.65. The summed E-state index contributed by atoms with van der Waals surface area (Å²) in [5.41, 5.74) is 1.66. The van der Waals surface area contributed by atoms with Gasteiger partial charge in [-0.1, -0.05) is 53.7 Å². The van der Waals surface area contributed by atoms with Gasteiger partial charge < -0.3 is 10.1 Å². The van der Waals surface area contributed by atoms with Gasteiger partial charge in [-0.05, 0) is 56.4 Å². The van der Waals surface area contributed by atoms with Gasteiger partial charge in [-0.25, -0.2) is 4.98 Å². The minimum atomic E-state index is -0.133. The smallest absolute Gasteiger partial charge is 0.262 e. The Morgan fingerprint density at radius 3 is 2.88 bits per heavy atom. The van der Waals surface area contributed by atoms with Crippen LogP contribution in [0, 0.1) is 0 Å². The van der Waals surface area contributed by atoms with Crippen molar-refractivity contribution < 1.29 is 9.53 Å². The van der Waals surface area contributed by atoms with E-state index in [1.807, 2.05) is 25.1 Å². The second-order valence-corrected chi connectivity index (χ2v) is 9.77. The van der Waals surface area contributed by atoms with E-state index in [0.717, 1.165) is 25.7 Å². The minimum absolute atomic E-state index is 0.0135. The summed E-state index contributed by atoms with van der Waals surface area (Å²) >= 11 is 7.39. The lowest BCUT2D eigenvalue weighted by atomic mass is 10.1. The Morgan fingerprint density at radius 1 is 1.30 bits per heavy atom. The molecule has 0 saturated carbocycles.